The van der Waals surface area contributed by atoms with E-state index in [4.69, 9.17) is 4.98 Å². The molecule has 0 spiro atoms. The third-order valence-corrected chi connectivity index (χ3v) is 6.25. The molecule has 1 N–H and O–H groups in total. The lowest BCUT2D eigenvalue weighted by atomic mass is 9.77. The standard InChI is InChI=1S/C18H23N3S/c1-18(2)10-12-11-19-17(20-13-6-4-3-5-7-13)21-15(12)14-8-9-22-16(14)18/h8-9,11,13H,3-7,10H2,1-2H3,(H,19,20,21). The van der Waals surface area contributed by atoms with Gasteiger partial charge < -0.3 is 5.32 Å². The Morgan fingerprint density at radius 1 is 1.23 bits per heavy atom. The summed E-state index contributed by atoms with van der Waals surface area (Å²) in [7, 11) is 0. The average molecular weight is 313 g/mol. The maximum atomic E-state index is 4.87. The van der Waals surface area contributed by atoms with E-state index >= 15 is 0 Å². The number of aromatic nitrogens is 2. The Morgan fingerprint density at radius 3 is 2.86 bits per heavy atom. The molecule has 0 aliphatic heterocycles. The average Bonchev–Trinajstić information content (AvgIpc) is 3.00. The van der Waals surface area contributed by atoms with Gasteiger partial charge in [-0.1, -0.05) is 33.1 Å². The first kappa shape index (κ1) is 14.2. The Labute approximate surface area is 136 Å². The van der Waals surface area contributed by atoms with Crippen LogP contribution >= 0.6 is 11.3 Å². The molecule has 0 bridgehead atoms. The molecule has 0 unspecified atom stereocenters. The first-order chi connectivity index (χ1) is 10.6. The Hall–Kier alpha value is -1.42. The van der Waals surface area contributed by atoms with E-state index in [0.29, 0.717) is 6.04 Å². The zero-order valence-electron chi connectivity index (χ0n) is 13.4. The van der Waals surface area contributed by atoms with Gasteiger partial charge in [-0.15, -0.1) is 11.3 Å². The molecule has 2 aromatic rings. The fourth-order valence-electron chi connectivity index (χ4n) is 3.84. The van der Waals surface area contributed by atoms with Gasteiger partial charge in [0.25, 0.3) is 0 Å². The maximum absolute atomic E-state index is 4.87. The fourth-order valence-corrected chi connectivity index (χ4v) is 4.87. The van der Waals surface area contributed by atoms with Crippen LogP contribution in [0.2, 0.25) is 0 Å². The molecule has 22 heavy (non-hydrogen) atoms. The fraction of sp³-hybridized carbons (Fsp3) is 0.556. The van der Waals surface area contributed by atoms with Gasteiger partial charge in [0, 0.05) is 28.1 Å². The summed E-state index contributed by atoms with van der Waals surface area (Å²) >= 11 is 1.86. The summed E-state index contributed by atoms with van der Waals surface area (Å²) in [4.78, 5) is 10.9. The van der Waals surface area contributed by atoms with E-state index in [2.05, 4.69) is 35.6 Å². The number of nitrogens with zero attached hydrogens (tertiary/aromatic N) is 2. The molecule has 2 aliphatic carbocycles. The highest BCUT2D eigenvalue weighted by Gasteiger charge is 2.33. The molecule has 4 rings (SSSR count). The van der Waals surface area contributed by atoms with Crippen molar-refractivity contribution in [3.8, 4) is 11.3 Å². The number of fused-ring (bicyclic) bond motifs is 3. The van der Waals surface area contributed by atoms with Crippen LogP contribution in [0, 0.1) is 0 Å². The van der Waals surface area contributed by atoms with E-state index in [-0.39, 0.29) is 5.41 Å². The van der Waals surface area contributed by atoms with Crippen LogP contribution in [0.3, 0.4) is 0 Å². The normalized spacial score (nSPS) is 20.3. The topological polar surface area (TPSA) is 37.8 Å². The lowest BCUT2D eigenvalue weighted by Crippen LogP contribution is -2.26. The molecule has 4 heteroatoms. The smallest absolute Gasteiger partial charge is 0.223 e. The second-order valence-corrected chi connectivity index (χ2v) is 8.19. The summed E-state index contributed by atoms with van der Waals surface area (Å²) in [5.41, 5.74) is 3.93. The Bertz CT molecular complexity index is 683. The van der Waals surface area contributed by atoms with E-state index in [0.717, 1.165) is 18.1 Å². The minimum atomic E-state index is 0.193. The molecular formula is C18H23N3S. The first-order valence-electron chi connectivity index (χ1n) is 8.34. The lowest BCUT2D eigenvalue weighted by molar-refractivity contribution is 0.460. The van der Waals surface area contributed by atoms with Crippen molar-refractivity contribution in [1.82, 2.24) is 9.97 Å². The zero-order chi connectivity index (χ0) is 15.2. The summed E-state index contributed by atoms with van der Waals surface area (Å²) in [6, 6.07) is 2.77. The summed E-state index contributed by atoms with van der Waals surface area (Å²) in [5.74, 6) is 0.808. The number of rotatable bonds is 2. The molecule has 1 fully saturated rings. The number of thiophene rings is 1. The van der Waals surface area contributed by atoms with Crippen LogP contribution in [0.4, 0.5) is 5.95 Å². The van der Waals surface area contributed by atoms with Gasteiger partial charge in [0.15, 0.2) is 0 Å². The van der Waals surface area contributed by atoms with E-state index in [1.54, 1.807) is 0 Å². The molecule has 116 valence electrons. The molecule has 0 atom stereocenters. The molecule has 0 amide bonds. The molecule has 0 aromatic carbocycles. The van der Waals surface area contributed by atoms with Gasteiger partial charge in [0.05, 0.1) is 5.69 Å². The number of nitrogens with one attached hydrogen (secondary N) is 1. The predicted molar refractivity (Wildman–Crippen MR) is 92.6 cm³/mol. The second-order valence-electron chi connectivity index (χ2n) is 7.27. The van der Waals surface area contributed by atoms with E-state index in [1.807, 2.05) is 17.5 Å². The van der Waals surface area contributed by atoms with Gasteiger partial charge in [-0.05, 0) is 36.3 Å². The third-order valence-electron chi connectivity index (χ3n) is 4.97. The monoisotopic (exact) mass is 313 g/mol. The van der Waals surface area contributed by atoms with Crippen LogP contribution in [0.25, 0.3) is 11.3 Å². The number of anilines is 1. The van der Waals surface area contributed by atoms with Crippen molar-refractivity contribution in [3.05, 3.63) is 28.1 Å². The van der Waals surface area contributed by atoms with E-state index in [9.17, 15) is 0 Å². The minimum absolute atomic E-state index is 0.193. The number of hydrogen-bond donors (Lipinski definition) is 1. The lowest BCUT2D eigenvalue weighted by Gasteiger charge is -2.31. The zero-order valence-corrected chi connectivity index (χ0v) is 14.2. The highest BCUT2D eigenvalue weighted by atomic mass is 32.1. The van der Waals surface area contributed by atoms with Crippen LogP contribution < -0.4 is 5.32 Å². The van der Waals surface area contributed by atoms with Crippen molar-refractivity contribution >= 4 is 17.3 Å². The second kappa shape index (κ2) is 5.34. The largest absolute Gasteiger partial charge is 0.351 e. The molecule has 0 radical (unpaired) electrons. The van der Waals surface area contributed by atoms with Crippen molar-refractivity contribution in [2.45, 2.75) is 63.8 Å². The highest BCUT2D eigenvalue weighted by molar-refractivity contribution is 7.10. The van der Waals surface area contributed by atoms with Crippen molar-refractivity contribution in [3.63, 3.8) is 0 Å². The summed E-state index contributed by atoms with van der Waals surface area (Å²) in [6.07, 6.45) is 9.58. The Morgan fingerprint density at radius 2 is 2.05 bits per heavy atom. The van der Waals surface area contributed by atoms with Crippen LogP contribution in [0.1, 0.15) is 56.4 Å². The minimum Gasteiger partial charge on any atom is -0.351 e. The van der Waals surface area contributed by atoms with Gasteiger partial charge in [-0.25, -0.2) is 9.97 Å². The first-order valence-corrected chi connectivity index (χ1v) is 9.22. The molecule has 3 nitrogen and oxygen atoms in total. The molecule has 2 aromatic heterocycles. The van der Waals surface area contributed by atoms with Crippen molar-refractivity contribution in [1.29, 1.82) is 0 Å². The van der Waals surface area contributed by atoms with Gasteiger partial charge >= 0.3 is 0 Å². The van der Waals surface area contributed by atoms with Crippen molar-refractivity contribution < 1.29 is 0 Å². The van der Waals surface area contributed by atoms with Gasteiger partial charge in [-0.3, -0.25) is 0 Å². The molecule has 1 saturated carbocycles. The summed E-state index contributed by atoms with van der Waals surface area (Å²) in [5, 5.41) is 5.75. The highest BCUT2D eigenvalue weighted by Crippen LogP contribution is 2.45. The Balaban J connectivity index is 1.66. The van der Waals surface area contributed by atoms with E-state index in [1.165, 1.54) is 48.1 Å². The van der Waals surface area contributed by atoms with Crippen LogP contribution in [0.5, 0.6) is 0 Å². The van der Waals surface area contributed by atoms with Crippen LogP contribution in [-0.4, -0.2) is 16.0 Å². The quantitative estimate of drug-likeness (QED) is 0.866. The van der Waals surface area contributed by atoms with Gasteiger partial charge in [0.2, 0.25) is 5.95 Å². The number of hydrogen-bond acceptors (Lipinski definition) is 4. The Kier molecular flexibility index (Phi) is 3.44. The molecule has 0 saturated heterocycles. The van der Waals surface area contributed by atoms with Crippen molar-refractivity contribution in [2.24, 2.45) is 0 Å². The predicted octanol–water partition coefficient (Wildman–Crippen LogP) is 4.78. The van der Waals surface area contributed by atoms with Gasteiger partial charge in [-0.2, -0.15) is 0 Å². The van der Waals surface area contributed by atoms with Gasteiger partial charge in [0.1, 0.15) is 0 Å². The molecule has 2 heterocycles. The van der Waals surface area contributed by atoms with Crippen LogP contribution in [-0.2, 0) is 11.8 Å². The maximum Gasteiger partial charge on any atom is 0.223 e. The molecular weight excluding hydrogens is 290 g/mol. The molecule has 2 aliphatic rings. The third kappa shape index (κ3) is 2.43. The summed E-state index contributed by atoms with van der Waals surface area (Å²) < 4.78 is 0. The van der Waals surface area contributed by atoms with Crippen molar-refractivity contribution in [2.75, 3.05) is 5.32 Å². The summed E-state index contributed by atoms with van der Waals surface area (Å²) in [6.45, 7) is 4.64. The van der Waals surface area contributed by atoms with E-state index < -0.39 is 0 Å². The SMILES string of the molecule is CC1(C)Cc2cnc(NC3CCCCC3)nc2-c2ccsc21. The van der Waals surface area contributed by atoms with Crippen LogP contribution in [0.15, 0.2) is 17.6 Å².